The molecule has 0 saturated heterocycles. The van der Waals surface area contributed by atoms with Crippen molar-refractivity contribution in [3.63, 3.8) is 0 Å². The van der Waals surface area contributed by atoms with Crippen molar-refractivity contribution in [2.24, 2.45) is 10.7 Å². The Morgan fingerprint density at radius 2 is 1.62 bits per heavy atom. The minimum absolute atomic E-state index is 0.0985. The van der Waals surface area contributed by atoms with Crippen molar-refractivity contribution in [1.82, 2.24) is 0 Å². The lowest BCUT2D eigenvalue weighted by atomic mass is 10.00. The smallest absolute Gasteiger partial charge is 0.252 e. The van der Waals surface area contributed by atoms with Gasteiger partial charge in [0.2, 0.25) is 5.91 Å². The van der Waals surface area contributed by atoms with Gasteiger partial charge in [0.1, 0.15) is 24.1 Å². The van der Waals surface area contributed by atoms with E-state index >= 15 is 0 Å². The summed E-state index contributed by atoms with van der Waals surface area (Å²) in [7, 11) is 0. The molecule has 0 fully saturated rings. The molecule has 162 valence electrons. The van der Waals surface area contributed by atoms with Gasteiger partial charge in [-0.3, -0.25) is 14.6 Å². The van der Waals surface area contributed by atoms with Gasteiger partial charge < -0.3 is 20.8 Å². The van der Waals surface area contributed by atoms with E-state index in [2.05, 4.69) is 0 Å². The Morgan fingerprint density at radius 3 is 2.25 bits per heavy atom. The molecule has 32 heavy (non-hydrogen) atoms. The number of benzene rings is 3. The molecule has 1 aliphatic rings. The van der Waals surface area contributed by atoms with E-state index in [0.717, 1.165) is 5.56 Å². The van der Waals surface area contributed by atoms with Crippen LogP contribution in [0.5, 0.6) is 11.5 Å². The third kappa shape index (κ3) is 4.43. The molecule has 0 saturated carbocycles. The number of nitrogens with two attached hydrogens (primary N) is 1. The molecule has 1 unspecified atom stereocenters. The molecule has 1 heterocycles. The van der Waals surface area contributed by atoms with Crippen molar-refractivity contribution >= 4 is 34.8 Å². The van der Waals surface area contributed by atoms with Crippen molar-refractivity contribution in [1.29, 1.82) is 0 Å². The third-order valence-electron chi connectivity index (χ3n) is 5.16. The summed E-state index contributed by atoms with van der Waals surface area (Å²) >= 11 is 6.26. The van der Waals surface area contributed by atoms with Crippen LogP contribution in [0.1, 0.15) is 16.7 Å². The van der Waals surface area contributed by atoms with Crippen molar-refractivity contribution in [2.45, 2.75) is 12.5 Å². The van der Waals surface area contributed by atoms with Gasteiger partial charge in [-0.2, -0.15) is 0 Å². The highest BCUT2D eigenvalue weighted by Crippen LogP contribution is 2.32. The van der Waals surface area contributed by atoms with Crippen LogP contribution < -0.4 is 10.6 Å². The number of hydrogen-bond acceptors (Lipinski definition) is 5. The molecule has 0 aliphatic carbocycles. The van der Waals surface area contributed by atoms with E-state index in [4.69, 9.17) is 22.3 Å². The second-order valence-corrected chi connectivity index (χ2v) is 7.90. The van der Waals surface area contributed by atoms with Gasteiger partial charge in [-0.15, -0.1) is 0 Å². The lowest BCUT2D eigenvalue weighted by molar-refractivity contribution is -0.123. The molecule has 2 amide bonds. The number of nitrogens with zero attached hydrogens (tertiary/aromatic N) is 2. The fourth-order valence-corrected chi connectivity index (χ4v) is 3.84. The van der Waals surface area contributed by atoms with Gasteiger partial charge in [-0.1, -0.05) is 23.7 Å². The Morgan fingerprint density at radius 1 is 1.00 bits per heavy atom. The predicted octanol–water partition coefficient (Wildman–Crippen LogP) is 3.03. The molecule has 7 nitrogen and oxygen atoms in total. The van der Waals surface area contributed by atoms with Crippen LogP contribution >= 0.6 is 11.6 Å². The van der Waals surface area contributed by atoms with E-state index in [-0.39, 0.29) is 30.4 Å². The van der Waals surface area contributed by atoms with Crippen molar-refractivity contribution in [2.75, 3.05) is 11.4 Å². The summed E-state index contributed by atoms with van der Waals surface area (Å²) in [6.45, 7) is -0.308. The van der Waals surface area contributed by atoms with Crippen LogP contribution in [0.25, 0.3) is 0 Å². The van der Waals surface area contributed by atoms with Gasteiger partial charge in [0, 0.05) is 22.6 Å². The largest absolute Gasteiger partial charge is 0.508 e. The number of primary amides is 1. The lowest BCUT2D eigenvalue weighted by Crippen LogP contribution is -2.43. The number of anilines is 1. The highest BCUT2D eigenvalue weighted by molar-refractivity contribution is 6.32. The van der Waals surface area contributed by atoms with Crippen molar-refractivity contribution in [3.8, 4) is 11.5 Å². The fraction of sp³-hybridized carbons (Fsp3) is 0.125. The second kappa shape index (κ2) is 8.72. The first-order valence-electron chi connectivity index (χ1n) is 9.86. The van der Waals surface area contributed by atoms with Crippen molar-refractivity contribution < 1.29 is 19.8 Å². The van der Waals surface area contributed by atoms with Crippen LogP contribution in [0, 0.1) is 0 Å². The number of amides is 2. The van der Waals surface area contributed by atoms with Crippen LogP contribution in [0.2, 0.25) is 5.02 Å². The van der Waals surface area contributed by atoms with Crippen LogP contribution in [0.15, 0.2) is 71.7 Å². The van der Waals surface area contributed by atoms with E-state index < -0.39 is 11.9 Å². The maximum atomic E-state index is 13.5. The minimum Gasteiger partial charge on any atom is -0.508 e. The summed E-state index contributed by atoms with van der Waals surface area (Å²) in [4.78, 5) is 31.4. The molecule has 0 bridgehead atoms. The van der Waals surface area contributed by atoms with Crippen LogP contribution in [0.4, 0.5) is 5.69 Å². The molecule has 8 heteroatoms. The molecular formula is C24H20ClN3O4. The zero-order chi connectivity index (χ0) is 22.8. The number of hydrogen-bond donors (Lipinski definition) is 3. The van der Waals surface area contributed by atoms with E-state index in [0.29, 0.717) is 27.5 Å². The summed E-state index contributed by atoms with van der Waals surface area (Å²) in [5, 5.41) is 19.7. The van der Waals surface area contributed by atoms with E-state index in [1.165, 1.54) is 29.2 Å². The Hall–Kier alpha value is -3.84. The van der Waals surface area contributed by atoms with Gasteiger partial charge in [0.25, 0.3) is 5.91 Å². The first-order chi connectivity index (χ1) is 15.3. The number of rotatable bonds is 5. The normalized spacial score (nSPS) is 15.7. The van der Waals surface area contributed by atoms with Gasteiger partial charge in [-0.05, 0) is 60.2 Å². The summed E-state index contributed by atoms with van der Waals surface area (Å²) in [5.74, 6) is -0.821. The first kappa shape index (κ1) is 21.4. The number of carbonyl (C=O) groups excluding carboxylic acids is 2. The van der Waals surface area contributed by atoms with Crippen LogP contribution in [0.3, 0.4) is 0 Å². The molecule has 0 aromatic heterocycles. The number of phenols is 2. The average molecular weight is 450 g/mol. The van der Waals surface area contributed by atoms with Gasteiger partial charge in [0.15, 0.2) is 0 Å². The maximum Gasteiger partial charge on any atom is 0.252 e. The SMILES string of the molecule is NC(=O)CN1C(=O)C(Cc2ccc(O)cc2)N=C(c2ccc(O)cc2)c2cc(Cl)ccc21. The number of carbonyl (C=O) groups is 2. The predicted molar refractivity (Wildman–Crippen MR) is 122 cm³/mol. The third-order valence-corrected chi connectivity index (χ3v) is 5.40. The Kier molecular flexibility index (Phi) is 5.83. The molecule has 1 aliphatic heterocycles. The Bertz CT molecular complexity index is 1210. The molecule has 1 atom stereocenters. The standard InChI is InChI=1S/C24H20ClN3O4/c25-16-5-10-21-19(12-16)23(15-3-8-18(30)9-4-15)27-20(24(32)28(21)13-22(26)31)11-14-1-6-17(29)7-2-14/h1-10,12,20,29-30H,11,13H2,(H2,26,31). The zero-order valence-corrected chi connectivity index (χ0v) is 17.7. The number of fused-ring (bicyclic) bond motifs is 1. The van der Waals surface area contributed by atoms with Gasteiger partial charge in [0.05, 0.1) is 11.4 Å². The minimum atomic E-state index is -0.853. The average Bonchev–Trinajstić information content (AvgIpc) is 2.86. The van der Waals surface area contributed by atoms with E-state index in [9.17, 15) is 19.8 Å². The Labute approximate surface area is 189 Å². The van der Waals surface area contributed by atoms with Crippen LogP contribution in [-0.2, 0) is 16.0 Å². The molecule has 0 radical (unpaired) electrons. The number of benzodiazepines with no additional fused rings is 1. The second-order valence-electron chi connectivity index (χ2n) is 7.46. The number of halogens is 1. The van der Waals surface area contributed by atoms with E-state index in [1.807, 2.05) is 0 Å². The molecule has 4 N–H and O–H groups in total. The summed E-state index contributed by atoms with van der Waals surface area (Å²) in [5.41, 5.74) is 8.47. The van der Waals surface area contributed by atoms with Crippen LogP contribution in [-0.4, -0.2) is 40.3 Å². The topological polar surface area (TPSA) is 116 Å². The number of phenolic OH excluding ortho intramolecular Hbond substituents is 2. The first-order valence-corrected chi connectivity index (χ1v) is 10.2. The fourth-order valence-electron chi connectivity index (χ4n) is 3.67. The monoisotopic (exact) mass is 449 g/mol. The van der Waals surface area contributed by atoms with Gasteiger partial charge >= 0.3 is 0 Å². The quantitative estimate of drug-likeness (QED) is 0.555. The zero-order valence-electron chi connectivity index (χ0n) is 16.9. The molecule has 3 aromatic carbocycles. The number of aliphatic imine (C=N–C) groups is 1. The molecule has 3 aromatic rings. The number of aromatic hydroxyl groups is 2. The lowest BCUT2D eigenvalue weighted by Gasteiger charge is -2.24. The van der Waals surface area contributed by atoms with Gasteiger partial charge in [-0.25, -0.2) is 0 Å². The summed E-state index contributed by atoms with van der Waals surface area (Å²) < 4.78 is 0. The van der Waals surface area contributed by atoms with E-state index in [1.54, 1.807) is 42.5 Å². The van der Waals surface area contributed by atoms with Crippen molar-refractivity contribution in [3.05, 3.63) is 88.4 Å². The Balaban J connectivity index is 1.89. The molecular weight excluding hydrogens is 430 g/mol. The molecule has 4 rings (SSSR count). The summed E-state index contributed by atoms with van der Waals surface area (Å²) in [6.07, 6.45) is 0.248. The highest BCUT2D eigenvalue weighted by Gasteiger charge is 2.33. The maximum absolute atomic E-state index is 13.5. The molecule has 0 spiro atoms. The summed E-state index contributed by atoms with van der Waals surface area (Å²) in [6, 6.07) is 17.1. The highest BCUT2D eigenvalue weighted by atomic mass is 35.5.